The summed E-state index contributed by atoms with van der Waals surface area (Å²) in [7, 11) is 0. The normalized spacial score (nSPS) is 13.9. The molecule has 0 atom stereocenters. The van der Waals surface area contributed by atoms with Gasteiger partial charge in [0.15, 0.2) is 5.13 Å². The standard InChI is InChI=1S/C24H21FN4O2S/c25-17-9-6-15(7-10-17)20-14-32-24(27-20)28-22(30)16-8-11-18-19(13-16)26-21-5-3-1-2-4-12-29(21)23(18)31/h6-11,13-14H,1-5,12H2,(H,27,28,30). The molecular formula is C24H21FN4O2S. The molecule has 1 aliphatic rings. The fourth-order valence-electron chi connectivity index (χ4n) is 3.99. The molecule has 0 radical (unpaired) electrons. The van der Waals surface area contributed by atoms with E-state index in [-0.39, 0.29) is 17.3 Å². The van der Waals surface area contributed by atoms with Crippen molar-refractivity contribution in [2.24, 2.45) is 0 Å². The van der Waals surface area contributed by atoms with Crippen LogP contribution in [0.15, 0.2) is 52.6 Å². The van der Waals surface area contributed by atoms with Gasteiger partial charge < -0.3 is 0 Å². The Morgan fingerprint density at radius 2 is 1.84 bits per heavy atom. The van der Waals surface area contributed by atoms with Crippen molar-refractivity contribution >= 4 is 33.3 Å². The fourth-order valence-corrected chi connectivity index (χ4v) is 4.70. The first-order chi connectivity index (χ1) is 15.6. The topological polar surface area (TPSA) is 76.9 Å². The molecular weight excluding hydrogens is 427 g/mol. The zero-order valence-corrected chi connectivity index (χ0v) is 18.1. The molecule has 1 N–H and O–H groups in total. The zero-order valence-electron chi connectivity index (χ0n) is 17.3. The maximum atomic E-state index is 13.1. The van der Waals surface area contributed by atoms with E-state index < -0.39 is 0 Å². The third kappa shape index (κ3) is 4.05. The molecule has 6 nitrogen and oxygen atoms in total. The Labute approximate surface area is 187 Å². The van der Waals surface area contributed by atoms with Gasteiger partial charge in [0.2, 0.25) is 0 Å². The molecule has 0 spiro atoms. The summed E-state index contributed by atoms with van der Waals surface area (Å²) in [6.07, 6.45) is 5.03. The first kappa shape index (κ1) is 20.5. The van der Waals surface area contributed by atoms with Crippen LogP contribution in [0, 0.1) is 5.82 Å². The highest BCUT2D eigenvalue weighted by Crippen LogP contribution is 2.25. The summed E-state index contributed by atoms with van der Waals surface area (Å²) in [5.74, 6) is 0.165. The minimum Gasteiger partial charge on any atom is -0.298 e. The molecule has 0 unspecified atom stereocenters. The maximum absolute atomic E-state index is 13.1. The number of benzene rings is 2. The van der Waals surface area contributed by atoms with Gasteiger partial charge in [0.1, 0.15) is 11.6 Å². The molecule has 5 rings (SSSR count). The number of thiazole rings is 1. The maximum Gasteiger partial charge on any atom is 0.261 e. The number of hydrogen-bond acceptors (Lipinski definition) is 5. The summed E-state index contributed by atoms with van der Waals surface area (Å²) < 4.78 is 14.9. The third-order valence-electron chi connectivity index (χ3n) is 5.69. The lowest BCUT2D eigenvalue weighted by Crippen LogP contribution is -2.26. The number of rotatable bonds is 3. The highest BCUT2D eigenvalue weighted by molar-refractivity contribution is 7.14. The number of nitrogens with zero attached hydrogens (tertiary/aromatic N) is 3. The highest BCUT2D eigenvalue weighted by Gasteiger charge is 2.16. The number of amides is 1. The number of nitrogens with one attached hydrogen (secondary N) is 1. The molecule has 2 aromatic heterocycles. The largest absolute Gasteiger partial charge is 0.298 e. The van der Waals surface area contributed by atoms with Crippen LogP contribution in [-0.2, 0) is 13.0 Å². The SMILES string of the molecule is O=C(Nc1nc(-c2ccc(F)cc2)cs1)c1ccc2c(=O)n3c(nc2c1)CCCCCC3. The number of aryl methyl sites for hydroxylation is 1. The summed E-state index contributed by atoms with van der Waals surface area (Å²) >= 11 is 1.29. The van der Waals surface area contributed by atoms with Crippen molar-refractivity contribution in [2.45, 2.75) is 38.6 Å². The van der Waals surface area contributed by atoms with Gasteiger partial charge in [-0.2, -0.15) is 0 Å². The molecule has 162 valence electrons. The van der Waals surface area contributed by atoms with Crippen molar-refractivity contribution in [1.82, 2.24) is 14.5 Å². The lowest BCUT2D eigenvalue weighted by Gasteiger charge is -2.16. The van der Waals surface area contributed by atoms with Gasteiger partial charge in [0.05, 0.1) is 16.6 Å². The molecule has 1 amide bonds. The molecule has 0 fully saturated rings. The van der Waals surface area contributed by atoms with Crippen LogP contribution in [0.4, 0.5) is 9.52 Å². The van der Waals surface area contributed by atoms with Crippen LogP contribution in [0.25, 0.3) is 22.2 Å². The number of hydrogen-bond donors (Lipinski definition) is 1. The Kier molecular flexibility index (Phi) is 5.53. The summed E-state index contributed by atoms with van der Waals surface area (Å²) in [5, 5.41) is 5.58. The molecule has 4 aromatic rings. The van der Waals surface area contributed by atoms with E-state index in [2.05, 4.69) is 10.3 Å². The van der Waals surface area contributed by atoms with Gasteiger partial charge in [-0.15, -0.1) is 11.3 Å². The summed E-state index contributed by atoms with van der Waals surface area (Å²) in [6.45, 7) is 0.694. The Morgan fingerprint density at radius 1 is 1.03 bits per heavy atom. The van der Waals surface area contributed by atoms with E-state index >= 15 is 0 Å². The van der Waals surface area contributed by atoms with E-state index in [0.717, 1.165) is 43.5 Å². The minimum absolute atomic E-state index is 0.0391. The first-order valence-corrected chi connectivity index (χ1v) is 11.5. The summed E-state index contributed by atoms with van der Waals surface area (Å²) in [5.41, 5.74) is 2.36. The minimum atomic E-state index is -0.319. The van der Waals surface area contributed by atoms with Crippen LogP contribution in [0.2, 0.25) is 0 Å². The smallest absolute Gasteiger partial charge is 0.261 e. The van der Waals surface area contributed by atoms with Crippen molar-refractivity contribution in [3.8, 4) is 11.3 Å². The van der Waals surface area contributed by atoms with E-state index in [1.54, 1.807) is 34.9 Å². The Bertz CT molecular complexity index is 1360. The van der Waals surface area contributed by atoms with Gasteiger partial charge in [-0.3, -0.25) is 19.5 Å². The monoisotopic (exact) mass is 448 g/mol. The number of anilines is 1. The summed E-state index contributed by atoms with van der Waals surface area (Å²) in [6, 6.07) is 11.0. The second-order valence-electron chi connectivity index (χ2n) is 7.88. The molecule has 0 saturated heterocycles. The van der Waals surface area contributed by atoms with E-state index in [9.17, 15) is 14.0 Å². The molecule has 1 aliphatic heterocycles. The van der Waals surface area contributed by atoms with E-state index in [0.29, 0.717) is 33.8 Å². The molecule has 2 aromatic carbocycles. The lowest BCUT2D eigenvalue weighted by atomic mass is 10.1. The van der Waals surface area contributed by atoms with Gasteiger partial charge >= 0.3 is 0 Å². The second-order valence-corrected chi connectivity index (χ2v) is 8.74. The van der Waals surface area contributed by atoms with Crippen molar-refractivity contribution < 1.29 is 9.18 Å². The Morgan fingerprint density at radius 3 is 2.69 bits per heavy atom. The van der Waals surface area contributed by atoms with Crippen LogP contribution in [0.5, 0.6) is 0 Å². The van der Waals surface area contributed by atoms with E-state index in [4.69, 9.17) is 4.98 Å². The predicted octanol–water partition coefficient (Wildman–Crippen LogP) is 5.03. The van der Waals surface area contributed by atoms with Crippen LogP contribution >= 0.6 is 11.3 Å². The van der Waals surface area contributed by atoms with Crippen LogP contribution in [0.3, 0.4) is 0 Å². The molecule has 0 bridgehead atoms. The molecule has 0 saturated carbocycles. The van der Waals surface area contributed by atoms with Crippen molar-refractivity contribution in [1.29, 1.82) is 0 Å². The van der Waals surface area contributed by atoms with Crippen molar-refractivity contribution in [3.63, 3.8) is 0 Å². The second kappa shape index (κ2) is 8.63. The summed E-state index contributed by atoms with van der Waals surface area (Å²) in [4.78, 5) is 34.9. The van der Waals surface area contributed by atoms with Gasteiger partial charge in [0, 0.05) is 29.5 Å². The van der Waals surface area contributed by atoms with Gasteiger partial charge in [-0.1, -0.05) is 12.8 Å². The fraction of sp³-hybridized carbons (Fsp3) is 0.250. The number of carbonyl (C=O) groups is 1. The van der Waals surface area contributed by atoms with E-state index in [1.807, 2.05) is 5.38 Å². The van der Waals surface area contributed by atoms with Crippen LogP contribution < -0.4 is 10.9 Å². The lowest BCUT2D eigenvalue weighted by molar-refractivity contribution is 0.102. The average molecular weight is 449 g/mol. The van der Waals surface area contributed by atoms with Gasteiger partial charge in [-0.25, -0.2) is 14.4 Å². The first-order valence-electron chi connectivity index (χ1n) is 10.6. The number of aromatic nitrogens is 3. The van der Waals surface area contributed by atoms with Gasteiger partial charge in [-0.05, 0) is 55.3 Å². The number of carbonyl (C=O) groups excluding carboxylic acids is 1. The number of fused-ring (bicyclic) bond motifs is 2. The predicted molar refractivity (Wildman–Crippen MR) is 124 cm³/mol. The van der Waals surface area contributed by atoms with Crippen molar-refractivity contribution in [2.75, 3.05) is 5.32 Å². The molecule has 3 heterocycles. The third-order valence-corrected chi connectivity index (χ3v) is 6.45. The molecule has 0 aliphatic carbocycles. The number of halogens is 1. The van der Waals surface area contributed by atoms with Gasteiger partial charge in [0.25, 0.3) is 11.5 Å². The Balaban J connectivity index is 1.41. The van der Waals surface area contributed by atoms with Crippen molar-refractivity contribution in [3.05, 3.63) is 75.4 Å². The Hall–Kier alpha value is -3.39. The average Bonchev–Trinajstić information content (AvgIpc) is 3.23. The van der Waals surface area contributed by atoms with Crippen LogP contribution in [-0.4, -0.2) is 20.4 Å². The quantitative estimate of drug-likeness (QED) is 0.477. The molecule has 32 heavy (non-hydrogen) atoms. The molecule has 8 heteroatoms. The van der Waals surface area contributed by atoms with Crippen LogP contribution in [0.1, 0.15) is 41.9 Å². The zero-order chi connectivity index (χ0) is 22.1. The van der Waals surface area contributed by atoms with E-state index in [1.165, 1.54) is 23.5 Å². The highest BCUT2D eigenvalue weighted by atomic mass is 32.1.